The zero-order valence-electron chi connectivity index (χ0n) is 19.6. The molecule has 32 heavy (non-hydrogen) atoms. The number of amides is 2. The van der Waals surface area contributed by atoms with E-state index in [0.717, 1.165) is 0 Å². The molecule has 2 N–H and O–H groups in total. The number of hydrogen-bond donors (Lipinski definition) is 2. The SMILES string of the molecule is COCC(=O)N(C)C[C@H]1Oc2ncc(C#CC(C)(C)O)cc2C(=O)N([C@@H](C)CO)C[C@@H]1C. The van der Waals surface area contributed by atoms with E-state index < -0.39 is 17.7 Å². The van der Waals surface area contributed by atoms with Crippen LogP contribution in [0.25, 0.3) is 0 Å². The van der Waals surface area contributed by atoms with Gasteiger partial charge in [0, 0.05) is 38.4 Å². The first-order chi connectivity index (χ1) is 15.0. The Kier molecular flexibility index (Phi) is 8.61. The number of carbonyl (C=O) groups excluding carboxylic acids is 2. The van der Waals surface area contributed by atoms with Crippen LogP contribution in [0.1, 0.15) is 43.6 Å². The molecule has 0 saturated heterocycles. The fourth-order valence-corrected chi connectivity index (χ4v) is 3.22. The summed E-state index contributed by atoms with van der Waals surface area (Å²) in [6.45, 7) is 7.19. The van der Waals surface area contributed by atoms with Crippen molar-refractivity contribution in [2.75, 3.05) is 40.5 Å². The Hall–Kier alpha value is -2.67. The minimum atomic E-state index is -1.19. The normalized spacial score (nSPS) is 19.6. The predicted octanol–water partition coefficient (Wildman–Crippen LogP) is 0.529. The first kappa shape index (κ1) is 25.6. The van der Waals surface area contributed by atoms with E-state index in [4.69, 9.17) is 9.47 Å². The first-order valence-corrected chi connectivity index (χ1v) is 10.5. The Bertz CT molecular complexity index is 886. The number of pyridine rings is 1. The van der Waals surface area contributed by atoms with Crippen LogP contribution >= 0.6 is 0 Å². The molecule has 0 radical (unpaired) electrons. The van der Waals surface area contributed by atoms with Gasteiger partial charge in [0.1, 0.15) is 23.9 Å². The van der Waals surface area contributed by atoms with Gasteiger partial charge < -0.3 is 29.5 Å². The van der Waals surface area contributed by atoms with Gasteiger partial charge in [0.2, 0.25) is 11.8 Å². The summed E-state index contributed by atoms with van der Waals surface area (Å²) in [5, 5.41) is 19.6. The highest BCUT2D eigenvalue weighted by Crippen LogP contribution is 2.27. The molecule has 2 heterocycles. The zero-order valence-corrected chi connectivity index (χ0v) is 19.6. The van der Waals surface area contributed by atoms with E-state index in [1.54, 1.807) is 38.8 Å². The number of methoxy groups -OCH3 is 1. The largest absolute Gasteiger partial charge is 0.472 e. The van der Waals surface area contributed by atoms with Gasteiger partial charge in [-0.15, -0.1) is 0 Å². The lowest BCUT2D eigenvalue weighted by molar-refractivity contribution is -0.135. The fourth-order valence-electron chi connectivity index (χ4n) is 3.22. The molecule has 3 atom stereocenters. The highest BCUT2D eigenvalue weighted by Gasteiger charge is 2.34. The van der Waals surface area contributed by atoms with E-state index in [1.165, 1.54) is 18.2 Å². The lowest BCUT2D eigenvalue weighted by atomic mass is 10.00. The molecule has 0 unspecified atom stereocenters. The summed E-state index contributed by atoms with van der Waals surface area (Å²) >= 11 is 0. The summed E-state index contributed by atoms with van der Waals surface area (Å²) in [5.74, 6) is 5.02. The van der Waals surface area contributed by atoms with Crippen LogP contribution in [-0.2, 0) is 9.53 Å². The molecule has 1 aromatic rings. The van der Waals surface area contributed by atoms with Crippen molar-refractivity contribution in [3.63, 3.8) is 0 Å². The van der Waals surface area contributed by atoms with Crippen molar-refractivity contribution in [3.05, 3.63) is 23.4 Å². The van der Waals surface area contributed by atoms with E-state index in [9.17, 15) is 19.8 Å². The van der Waals surface area contributed by atoms with Crippen molar-refractivity contribution in [2.45, 2.75) is 45.4 Å². The molecular weight excluding hydrogens is 414 g/mol. The number of likely N-dealkylation sites (N-methyl/N-ethyl adjacent to an activating group) is 1. The molecule has 0 spiro atoms. The van der Waals surface area contributed by atoms with Crippen LogP contribution in [-0.4, -0.2) is 95.0 Å². The molecule has 1 aliphatic heterocycles. The van der Waals surface area contributed by atoms with Crippen molar-refractivity contribution < 1.29 is 29.3 Å². The Labute approximate surface area is 189 Å². The molecule has 9 heteroatoms. The molecule has 0 bridgehead atoms. The first-order valence-electron chi connectivity index (χ1n) is 10.5. The standard InChI is InChI=1S/C23H33N3O6/c1-15-11-26(16(2)13-27)22(29)18-9-17(7-8-23(3,4)30)10-24-21(18)32-19(15)12-25(5)20(28)14-31-6/h9-10,15-16,19,27,30H,11-14H2,1-6H3/t15-,16-,19+/m0/s1. The van der Waals surface area contributed by atoms with Gasteiger partial charge in [-0.1, -0.05) is 18.8 Å². The molecule has 2 amide bonds. The Morgan fingerprint density at radius 2 is 2.19 bits per heavy atom. The van der Waals surface area contributed by atoms with Crippen LogP contribution in [0.5, 0.6) is 5.88 Å². The Morgan fingerprint density at radius 3 is 2.78 bits per heavy atom. The Morgan fingerprint density at radius 1 is 1.50 bits per heavy atom. The van der Waals surface area contributed by atoms with Crippen LogP contribution in [0.2, 0.25) is 0 Å². The van der Waals surface area contributed by atoms with Gasteiger partial charge in [0.05, 0.1) is 19.2 Å². The second kappa shape index (κ2) is 10.8. The third-order valence-electron chi connectivity index (χ3n) is 5.18. The minimum absolute atomic E-state index is 0.0399. The van der Waals surface area contributed by atoms with E-state index in [2.05, 4.69) is 16.8 Å². The predicted molar refractivity (Wildman–Crippen MR) is 118 cm³/mol. The third kappa shape index (κ3) is 6.66. The maximum absolute atomic E-state index is 13.3. The number of nitrogens with zero attached hydrogens (tertiary/aromatic N) is 3. The van der Waals surface area contributed by atoms with Gasteiger partial charge in [0.15, 0.2) is 0 Å². The molecule has 0 aromatic carbocycles. The minimum Gasteiger partial charge on any atom is -0.472 e. The van der Waals surface area contributed by atoms with Crippen LogP contribution in [0.3, 0.4) is 0 Å². The molecule has 2 rings (SSSR count). The van der Waals surface area contributed by atoms with Crippen molar-refractivity contribution in [1.82, 2.24) is 14.8 Å². The summed E-state index contributed by atoms with van der Waals surface area (Å²) in [4.78, 5) is 32.9. The second-order valence-electron chi connectivity index (χ2n) is 8.72. The van der Waals surface area contributed by atoms with Crippen molar-refractivity contribution >= 4 is 11.8 Å². The van der Waals surface area contributed by atoms with Gasteiger partial charge in [-0.2, -0.15) is 0 Å². The van der Waals surface area contributed by atoms with E-state index in [1.807, 2.05) is 6.92 Å². The fraction of sp³-hybridized carbons (Fsp3) is 0.609. The maximum atomic E-state index is 13.3. The molecule has 9 nitrogen and oxygen atoms in total. The molecule has 0 saturated carbocycles. The average molecular weight is 448 g/mol. The van der Waals surface area contributed by atoms with Gasteiger partial charge >= 0.3 is 0 Å². The molecule has 176 valence electrons. The van der Waals surface area contributed by atoms with Crippen LogP contribution in [0.15, 0.2) is 12.3 Å². The third-order valence-corrected chi connectivity index (χ3v) is 5.18. The monoisotopic (exact) mass is 447 g/mol. The molecule has 0 aliphatic carbocycles. The maximum Gasteiger partial charge on any atom is 0.259 e. The summed E-state index contributed by atoms with van der Waals surface area (Å²) < 4.78 is 11.1. The summed E-state index contributed by atoms with van der Waals surface area (Å²) in [6.07, 6.45) is 1.04. The quantitative estimate of drug-likeness (QED) is 0.612. The van der Waals surface area contributed by atoms with Crippen LogP contribution in [0.4, 0.5) is 0 Å². The highest BCUT2D eigenvalue weighted by atomic mass is 16.5. The van der Waals surface area contributed by atoms with Crippen LogP contribution < -0.4 is 4.74 Å². The number of aromatic nitrogens is 1. The average Bonchev–Trinajstić information content (AvgIpc) is 2.73. The van der Waals surface area contributed by atoms with Gasteiger partial charge in [0.25, 0.3) is 5.91 Å². The molecular formula is C23H33N3O6. The lowest BCUT2D eigenvalue weighted by Gasteiger charge is -2.37. The van der Waals surface area contributed by atoms with E-state index >= 15 is 0 Å². The number of hydrogen-bond acceptors (Lipinski definition) is 7. The van der Waals surface area contributed by atoms with Gasteiger partial charge in [-0.3, -0.25) is 9.59 Å². The molecule has 1 aliphatic rings. The lowest BCUT2D eigenvalue weighted by Crippen LogP contribution is -2.50. The number of aliphatic hydroxyl groups excluding tert-OH is 1. The molecule has 1 aromatic heterocycles. The van der Waals surface area contributed by atoms with Crippen LogP contribution in [0, 0.1) is 17.8 Å². The van der Waals surface area contributed by atoms with E-state index in [0.29, 0.717) is 12.1 Å². The van der Waals surface area contributed by atoms with Crippen molar-refractivity contribution in [3.8, 4) is 17.7 Å². The number of fused-ring (bicyclic) bond motifs is 1. The van der Waals surface area contributed by atoms with Gasteiger partial charge in [-0.25, -0.2) is 4.98 Å². The number of ether oxygens (including phenoxy) is 2. The van der Waals surface area contributed by atoms with Gasteiger partial charge in [-0.05, 0) is 26.8 Å². The molecule has 0 fully saturated rings. The topological polar surface area (TPSA) is 112 Å². The smallest absolute Gasteiger partial charge is 0.259 e. The number of rotatable bonds is 6. The Balaban J connectivity index is 2.46. The number of aliphatic hydroxyl groups is 2. The summed E-state index contributed by atoms with van der Waals surface area (Å²) in [5.41, 5.74) is -0.519. The zero-order chi connectivity index (χ0) is 24.1. The highest BCUT2D eigenvalue weighted by molar-refractivity contribution is 5.97. The van der Waals surface area contributed by atoms with Crippen molar-refractivity contribution in [1.29, 1.82) is 0 Å². The summed E-state index contributed by atoms with van der Waals surface area (Å²) in [7, 11) is 3.12. The second-order valence-corrected chi connectivity index (χ2v) is 8.72. The summed E-state index contributed by atoms with van der Waals surface area (Å²) in [6, 6.07) is 1.16. The van der Waals surface area contributed by atoms with Crippen molar-refractivity contribution in [2.24, 2.45) is 5.92 Å². The van der Waals surface area contributed by atoms with E-state index in [-0.39, 0.29) is 48.9 Å². The number of carbonyl (C=O) groups is 2.